The summed E-state index contributed by atoms with van der Waals surface area (Å²) in [6.07, 6.45) is 13.7. The minimum Gasteiger partial charge on any atom is -0.396 e. The Morgan fingerprint density at radius 2 is 1.81 bits per heavy atom. The van der Waals surface area contributed by atoms with Crippen molar-refractivity contribution < 1.29 is 20.4 Å². The lowest BCUT2D eigenvalue weighted by atomic mass is 9.60. The maximum Gasteiger partial charge on any atom is 0.0652 e. The fourth-order valence-electron chi connectivity index (χ4n) is 7.06. The maximum atomic E-state index is 10.3. The quantitative estimate of drug-likeness (QED) is 0.466. The van der Waals surface area contributed by atoms with Crippen molar-refractivity contribution in [1.82, 2.24) is 0 Å². The number of allylic oxidation sites excluding steroid dienone is 3. The molecule has 3 rings (SSSR count). The van der Waals surface area contributed by atoms with Gasteiger partial charge in [-0.1, -0.05) is 50.0 Å². The van der Waals surface area contributed by atoms with Gasteiger partial charge in [-0.2, -0.15) is 0 Å². The molecule has 3 unspecified atom stereocenters. The molecule has 0 bridgehead atoms. The van der Waals surface area contributed by atoms with E-state index in [0.717, 1.165) is 30.8 Å². The molecule has 0 saturated heterocycles. The predicted molar refractivity (Wildman–Crippen MR) is 125 cm³/mol. The molecule has 0 aliphatic heterocycles. The normalized spacial score (nSPS) is 40.3. The first-order valence-electron chi connectivity index (χ1n) is 12.6. The van der Waals surface area contributed by atoms with E-state index in [1.54, 1.807) is 5.57 Å². The average Bonchev–Trinajstić information content (AvgIpc) is 3.02. The van der Waals surface area contributed by atoms with Crippen LogP contribution in [0.4, 0.5) is 0 Å². The monoisotopic (exact) mass is 434 g/mol. The zero-order chi connectivity index (χ0) is 22.8. The van der Waals surface area contributed by atoms with Crippen molar-refractivity contribution >= 4 is 0 Å². The van der Waals surface area contributed by atoms with Crippen molar-refractivity contribution in [1.29, 1.82) is 0 Å². The zero-order valence-corrected chi connectivity index (χ0v) is 20.2. The molecule has 0 heterocycles. The van der Waals surface area contributed by atoms with E-state index < -0.39 is 23.7 Å². The van der Waals surface area contributed by atoms with Gasteiger partial charge in [-0.05, 0) is 88.4 Å². The largest absolute Gasteiger partial charge is 0.396 e. The summed E-state index contributed by atoms with van der Waals surface area (Å²) in [6.45, 7) is 8.59. The van der Waals surface area contributed by atoms with Gasteiger partial charge in [0.1, 0.15) is 0 Å². The molecule has 4 N–H and O–H groups in total. The number of aliphatic hydroxyl groups is 4. The Kier molecular flexibility index (Phi) is 8.11. The Bertz CT molecular complexity index is 647. The lowest BCUT2D eigenvalue weighted by Gasteiger charge is -2.44. The number of hydrogen-bond donors (Lipinski definition) is 4. The molecule has 178 valence electrons. The van der Waals surface area contributed by atoms with Crippen LogP contribution in [-0.2, 0) is 0 Å². The number of rotatable bonds is 7. The van der Waals surface area contributed by atoms with Gasteiger partial charge in [-0.3, -0.25) is 0 Å². The van der Waals surface area contributed by atoms with E-state index in [2.05, 4.69) is 26.0 Å². The summed E-state index contributed by atoms with van der Waals surface area (Å²) in [5.74, 6) is 1.66. The van der Waals surface area contributed by atoms with Gasteiger partial charge in [0.05, 0.1) is 24.4 Å². The molecule has 3 aliphatic carbocycles. The molecule has 0 aromatic heterocycles. The van der Waals surface area contributed by atoms with E-state index in [-0.39, 0.29) is 6.61 Å². The minimum atomic E-state index is -0.657. The van der Waals surface area contributed by atoms with Crippen LogP contribution in [0.3, 0.4) is 0 Å². The molecule has 0 spiro atoms. The maximum absolute atomic E-state index is 10.3. The van der Waals surface area contributed by atoms with E-state index in [9.17, 15) is 20.4 Å². The Morgan fingerprint density at radius 1 is 1.13 bits per heavy atom. The van der Waals surface area contributed by atoms with Crippen molar-refractivity contribution in [2.24, 2.45) is 29.1 Å². The van der Waals surface area contributed by atoms with E-state index in [0.29, 0.717) is 30.1 Å². The fraction of sp³-hybridized carbons (Fsp3) is 0.852. The molecule has 4 heteroatoms. The third-order valence-corrected chi connectivity index (χ3v) is 8.85. The van der Waals surface area contributed by atoms with Crippen LogP contribution in [0.1, 0.15) is 91.9 Å². The number of fused-ring (bicyclic) bond motifs is 1. The standard InChI is InChI=1S/C27H46O4/c1-18(7-5-13-26(2,3)31)22-11-12-23-20(8-6-14-27(22,23)4)10-9-19-15-24(29)21(17-28)25(30)16-19/h9-10,18,21-25,28-31H,5-8,11-17H2,1-4H3/b19-9?,20-10+/t18-,21?,22-,23?,24-,25?,27-/m1/s1. The van der Waals surface area contributed by atoms with Crippen molar-refractivity contribution in [3.63, 3.8) is 0 Å². The predicted octanol–water partition coefficient (Wildman–Crippen LogP) is 4.76. The SMILES string of the molecule is C[C@H](CCCC(C)(C)O)[C@H]1CCC2/C(=C/C=C3CC(O)C(CO)[C@H](O)C3)CCC[C@@]21C. The van der Waals surface area contributed by atoms with E-state index in [4.69, 9.17) is 0 Å². The lowest BCUT2D eigenvalue weighted by Crippen LogP contribution is -2.39. The van der Waals surface area contributed by atoms with Gasteiger partial charge in [0, 0.05) is 5.92 Å². The van der Waals surface area contributed by atoms with Crippen molar-refractivity contribution in [3.8, 4) is 0 Å². The molecule has 3 fully saturated rings. The van der Waals surface area contributed by atoms with Gasteiger partial charge < -0.3 is 20.4 Å². The summed E-state index contributed by atoms with van der Waals surface area (Å²) in [5, 5.41) is 39.9. The van der Waals surface area contributed by atoms with Gasteiger partial charge >= 0.3 is 0 Å². The molecular weight excluding hydrogens is 388 g/mol. The molecule has 0 amide bonds. The van der Waals surface area contributed by atoms with Gasteiger partial charge in [0.25, 0.3) is 0 Å². The number of hydrogen-bond acceptors (Lipinski definition) is 4. The van der Waals surface area contributed by atoms with Crippen LogP contribution in [0, 0.1) is 29.1 Å². The van der Waals surface area contributed by atoms with Crippen LogP contribution in [0.25, 0.3) is 0 Å². The molecular formula is C27H46O4. The summed E-state index contributed by atoms with van der Waals surface area (Å²) >= 11 is 0. The first kappa shape index (κ1) is 25.0. The fourth-order valence-corrected chi connectivity index (χ4v) is 7.06. The smallest absolute Gasteiger partial charge is 0.0652 e. The van der Waals surface area contributed by atoms with Crippen LogP contribution in [0.15, 0.2) is 23.3 Å². The van der Waals surface area contributed by atoms with Crippen LogP contribution in [0.5, 0.6) is 0 Å². The van der Waals surface area contributed by atoms with Crippen molar-refractivity contribution in [2.45, 2.75) is 110 Å². The van der Waals surface area contributed by atoms with E-state index in [1.807, 2.05) is 13.8 Å². The zero-order valence-electron chi connectivity index (χ0n) is 20.2. The highest BCUT2D eigenvalue weighted by atomic mass is 16.3. The molecule has 0 aromatic rings. The summed E-state index contributed by atoms with van der Waals surface area (Å²) in [7, 11) is 0. The summed E-state index contributed by atoms with van der Waals surface area (Å²) in [5.41, 5.74) is 2.46. The highest BCUT2D eigenvalue weighted by Crippen LogP contribution is 2.60. The van der Waals surface area contributed by atoms with Crippen LogP contribution >= 0.6 is 0 Å². The molecule has 3 aliphatic rings. The minimum absolute atomic E-state index is 0.160. The van der Waals surface area contributed by atoms with Crippen LogP contribution in [-0.4, -0.2) is 44.8 Å². The second kappa shape index (κ2) is 10.1. The topological polar surface area (TPSA) is 80.9 Å². The third kappa shape index (κ3) is 5.82. The second-order valence-corrected chi connectivity index (χ2v) is 11.7. The highest BCUT2D eigenvalue weighted by Gasteiger charge is 2.50. The van der Waals surface area contributed by atoms with E-state index >= 15 is 0 Å². The van der Waals surface area contributed by atoms with Gasteiger partial charge in [0.15, 0.2) is 0 Å². The summed E-state index contributed by atoms with van der Waals surface area (Å²) in [6, 6.07) is 0. The second-order valence-electron chi connectivity index (χ2n) is 11.7. The van der Waals surface area contributed by atoms with Crippen LogP contribution < -0.4 is 0 Å². The molecule has 0 radical (unpaired) electrons. The first-order valence-corrected chi connectivity index (χ1v) is 12.6. The van der Waals surface area contributed by atoms with Gasteiger partial charge in [0.2, 0.25) is 0 Å². The molecule has 31 heavy (non-hydrogen) atoms. The Morgan fingerprint density at radius 3 is 2.42 bits per heavy atom. The van der Waals surface area contributed by atoms with Gasteiger partial charge in [-0.25, -0.2) is 0 Å². The lowest BCUT2D eigenvalue weighted by molar-refractivity contribution is -0.0312. The Balaban J connectivity index is 1.66. The third-order valence-electron chi connectivity index (χ3n) is 8.85. The molecule has 3 saturated carbocycles. The molecule has 4 nitrogen and oxygen atoms in total. The Hall–Kier alpha value is -0.680. The number of aliphatic hydroxyl groups excluding tert-OH is 3. The van der Waals surface area contributed by atoms with Gasteiger partial charge in [-0.15, -0.1) is 0 Å². The molecule has 7 atom stereocenters. The highest BCUT2D eigenvalue weighted by molar-refractivity contribution is 5.26. The van der Waals surface area contributed by atoms with Crippen molar-refractivity contribution in [3.05, 3.63) is 23.3 Å². The van der Waals surface area contributed by atoms with E-state index in [1.165, 1.54) is 32.1 Å². The molecule has 0 aromatic carbocycles. The van der Waals surface area contributed by atoms with Crippen molar-refractivity contribution in [2.75, 3.05) is 6.61 Å². The first-order chi connectivity index (χ1) is 14.5. The average molecular weight is 435 g/mol. The van der Waals surface area contributed by atoms with Crippen LogP contribution in [0.2, 0.25) is 0 Å². The summed E-state index contributed by atoms with van der Waals surface area (Å²) < 4.78 is 0. The Labute approximate surface area is 189 Å². The summed E-state index contributed by atoms with van der Waals surface area (Å²) in [4.78, 5) is 0.